The molecule has 0 amide bonds. The number of anilines is 1. The first-order valence-electron chi connectivity index (χ1n) is 9.21. The van der Waals surface area contributed by atoms with E-state index in [-0.39, 0.29) is 11.4 Å². The van der Waals surface area contributed by atoms with Gasteiger partial charge < -0.3 is 9.47 Å². The Morgan fingerprint density at radius 1 is 0.759 bits per heavy atom. The summed E-state index contributed by atoms with van der Waals surface area (Å²) in [5, 5.41) is 0. The molecule has 0 unspecified atom stereocenters. The summed E-state index contributed by atoms with van der Waals surface area (Å²) in [6, 6.07) is 19.8. The second-order valence-electron chi connectivity index (χ2n) is 6.88. The largest absolute Gasteiger partial charge is 0.497 e. The number of benzene rings is 3. The summed E-state index contributed by atoms with van der Waals surface area (Å²) in [4.78, 5) is 0.233. The second kappa shape index (κ2) is 8.57. The zero-order valence-electron chi connectivity index (χ0n) is 17.0. The van der Waals surface area contributed by atoms with Gasteiger partial charge in [0.25, 0.3) is 10.0 Å². The van der Waals surface area contributed by atoms with Gasteiger partial charge in [-0.25, -0.2) is 8.42 Å². The third-order valence-corrected chi connectivity index (χ3v) is 6.47. The summed E-state index contributed by atoms with van der Waals surface area (Å²) in [6.07, 6.45) is 0. The van der Waals surface area contributed by atoms with Crippen molar-refractivity contribution in [2.45, 2.75) is 25.3 Å². The van der Waals surface area contributed by atoms with Gasteiger partial charge in [0.1, 0.15) is 11.5 Å². The summed E-state index contributed by atoms with van der Waals surface area (Å²) < 4.78 is 39.2. The zero-order valence-corrected chi connectivity index (χ0v) is 17.9. The van der Waals surface area contributed by atoms with Gasteiger partial charge in [-0.05, 0) is 31.5 Å². The van der Waals surface area contributed by atoms with Crippen LogP contribution >= 0.6 is 0 Å². The van der Waals surface area contributed by atoms with Crippen LogP contribution in [-0.4, -0.2) is 22.6 Å². The molecule has 0 heterocycles. The first-order chi connectivity index (χ1) is 13.8. The number of rotatable bonds is 7. The highest BCUT2D eigenvalue weighted by Crippen LogP contribution is 2.33. The van der Waals surface area contributed by atoms with Crippen molar-refractivity contribution in [2.75, 3.05) is 18.5 Å². The molecule has 0 aliphatic carbocycles. The maximum atomic E-state index is 13.6. The molecule has 3 aromatic rings. The Bertz CT molecular complexity index is 1050. The van der Waals surface area contributed by atoms with Crippen molar-refractivity contribution < 1.29 is 17.9 Å². The summed E-state index contributed by atoms with van der Waals surface area (Å²) in [5.41, 5.74) is 3.47. The minimum atomic E-state index is -3.81. The number of aryl methyl sites for hydroxylation is 2. The molecule has 0 saturated carbocycles. The van der Waals surface area contributed by atoms with E-state index in [0.717, 1.165) is 16.7 Å². The third kappa shape index (κ3) is 4.71. The van der Waals surface area contributed by atoms with Crippen LogP contribution in [0.5, 0.6) is 11.5 Å². The number of nitrogens with zero attached hydrogens (tertiary/aromatic N) is 1. The predicted octanol–water partition coefficient (Wildman–Crippen LogP) is 4.72. The molecule has 5 nitrogen and oxygen atoms in total. The highest BCUT2D eigenvalue weighted by atomic mass is 32.2. The van der Waals surface area contributed by atoms with Gasteiger partial charge in [-0.15, -0.1) is 0 Å². The van der Waals surface area contributed by atoms with Crippen LogP contribution in [0.3, 0.4) is 0 Å². The van der Waals surface area contributed by atoms with Crippen LogP contribution in [0.4, 0.5) is 5.69 Å². The minimum Gasteiger partial charge on any atom is -0.497 e. The summed E-state index contributed by atoms with van der Waals surface area (Å²) >= 11 is 0. The highest BCUT2D eigenvalue weighted by Gasteiger charge is 2.26. The lowest BCUT2D eigenvalue weighted by atomic mass is 10.1. The van der Waals surface area contributed by atoms with Gasteiger partial charge in [0, 0.05) is 18.2 Å². The molecule has 0 fully saturated rings. The van der Waals surface area contributed by atoms with Crippen molar-refractivity contribution in [2.24, 2.45) is 0 Å². The molecule has 0 aliphatic rings. The fourth-order valence-electron chi connectivity index (χ4n) is 2.95. The Morgan fingerprint density at radius 2 is 1.24 bits per heavy atom. The van der Waals surface area contributed by atoms with E-state index in [0.29, 0.717) is 17.2 Å². The monoisotopic (exact) mass is 411 g/mol. The minimum absolute atomic E-state index is 0.187. The van der Waals surface area contributed by atoms with E-state index in [9.17, 15) is 8.42 Å². The van der Waals surface area contributed by atoms with Crippen LogP contribution in [0, 0.1) is 13.8 Å². The topological polar surface area (TPSA) is 55.8 Å². The first kappa shape index (κ1) is 20.7. The Kier molecular flexibility index (Phi) is 6.13. The van der Waals surface area contributed by atoms with Crippen molar-refractivity contribution in [3.63, 3.8) is 0 Å². The van der Waals surface area contributed by atoms with Gasteiger partial charge in [-0.1, -0.05) is 47.5 Å². The molecule has 0 aromatic heterocycles. The molecule has 0 atom stereocenters. The molecule has 0 aliphatic heterocycles. The van der Waals surface area contributed by atoms with Crippen molar-refractivity contribution in [1.82, 2.24) is 0 Å². The molecular weight excluding hydrogens is 386 g/mol. The molecule has 0 N–H and O–H groups in total. The number of ether oxygens (including phenoxy) is 2. The molecule has 0 bridgehead atoms. The van der Waals surface area contributed by atoms with Crippen molar-refractivity contribution >= 4 is 15.7 Å². The van der Waals surface area contributed by atoms with E-state index >= 15 is 0 Å². The fraction of sp³-hybridized carbons (Fsp3) is 0.217. The van der Waals surface area contributed by atoms with Gasteiger partial charge in [0.05, 0.1) is 31.3 Å². The lowest BCUT2D eigenvalue weighted by Gasteiger charge is -2.26. The predicted molar refractivity (Wildman–Crippen MR) is 115 cm³/mol. The van der Waals surface area contributed by atoms with E-state index in [1.807, 2.05) is 38.1 Å². The Morgan fingerprint density at radius 3 is 1.72 bits per heavy atom. The number of methoxy groups -OCH3 is 2. The lowest BCUT2D eigenvalue weighted by molar-refractivity contribution is 0.394. The van der Waals surface area contributed by atoms with Crippen molar-refractivity contribution in [3.05, 3.63) is 83.4 Å². The standard InChI is InChI=1S/C23H25NO4S/c1-17-5-9-19(10-6-17)16-24(20-13-21(27-3)15-22(14-20)28-4)29(25,26)23-11-7-18(2)8-12-23/h5-15H,16H2,1-4H3. The molecule has 3 rings (SSSR count). The summed E-state index contributed by atoms with van der Waals surface area (Å²) in [7, 11) is -0.729. The van der Waals surface area contributed by atoms with Crippen LogP contribution in [0.25, 0.3) is 0 Å². The summed E-state index contributed by atoms with van der Waals surface area (Å²) in [6.45, 7) is 4.11. The fourth-order valence-corrected chi connectivity index (χ4v) is 4.38. The number of hydrogen-bond donors (Lipinski definition) is 0. The molecule has 29 heavy (non-hydrogen) atoms. The number of hydrogen-bond acceptors (Lipinski definition) is 4. The molecule has 3 aromatic carbocycles. The second-order valence-corrected chi connectivity index (χ2v) is 8.74. The van der Waals surface area contributed by atoms with Crippen molar-refractivity contribution in [1.29, 1.82) is 0 Å². The molecule has 0 radical (unpaired) electrons. The van der Waals surface area contributed by atoms with E-state index < -0.39 is 10.0 Å². The van der Waals surface area contributed by atoms with E-state index in [1.165, 1.54) is 18.5 Å². The van der Waals surface area contributed by atoms with Gasteiger partial charge >= 0.3 is 0 Å². The van der Waals surface area contributed by atoms with Crippen LogP contribution in [0.15, 0.2) is 71.6 Å². The average molecular weight is 412 g/mol. The third-order valence-electron chi connectivity index (χ3n) is 4.68. The van der Waals surface area contributed by atoms with Crippen LogP contribution in [0.2, 0.25) is 0 Å². The SMILES string of the molecule is COc1cc(OC)cc(N(Cc2ccc(C)cc2)S(=O)(=O)c2ccc(C)cc2)c1. The zero-order chi connectivity index (χ0) is 21.0. The maximum absolute atomic E-state index is 13.6. The summed E-state index contributed by atoms with van der Waals surface area (Å²) in [5.74, 6) is 1.04. The normalized spacial score (nSPS) is 11.2. The van der Waals surface area contributed by atoms with E-state index in [2.05, 4.69) is 0 Å². The maximum Gasteiger partial charge on any atom is 0.264 e. The molecule has 152 valence electrons. The van der Waals surface area contributed by atoms with Crippen LogP contribution in [0.1, 0.15) is 16.7 Å². The average Bonchev–Trinajstić information content (AvgIpc) is 2.73. The molecular formula is C23H25NO4S. The molecule has 0 spiro atoms. The quantitative estimate of drug-likeness (QED) is 0.565. The van der Waals surface area contributed by atoms with Crippen molar-refractivity contribution in [3.8, 4) is 11.5 Å². The van der Waals surface area contributed by atoms with E-state index in [4.69, 9.17) is 9.47 Å². The Labute approximate surface area is 172 Å². The van der Waals surface area contributed by atoms with Crippen LogP contribution in [-0.2, 0) is 16.6 Å². The van der Waals surface area contributed by atoms with Gasteiger partial charge in [-0.2, -0.15) is 0 Å². The lowest BCUT2D eigenvalue weighted by Crippen LogP contribution is -2.30. The van der Waals surface area contributed by atoms with Crippen LogP contribution < -0.4 is 13.8 Å². The van der Waals surface area contributed by atoms with Gasteiger partial charge in [0.2, 0.25) is 0 Å². The van der Waals surface area contributed by atoms with Gasteiger partial charge in [0.15, 0.2) is 0 Å². The molecule has 6 heteroatoms. The van der Waals surface area contributed by atoms with Gasteiger partial charge in [-0.3, -0.25) is 4.31 Å². The molecule has 0 saturated heterocycles. The Hall–Kier alpha value is -2.99. The highest BCUT2D eigenvalue weighted by molar-refractivity contribution is 7.92. The van der Waals surface area contributed by atoms with E-state index in [1.54, 1.807) is 42.5 Å². The first-order valence-corrected chi connectivity index (χ1v) is 10.7. The Balaban J connectivity index is 2.13. The smallest absolute Gasteiger partial charge is 0.264 e. The number of sulfonamides is 1.